The molecule has 2 aromatic carbocycles. The molecule has 0 fully saturated rings. The lowest BCUT2D eigenvalue weighted by Crippen LogP contribution is -2.15. The molecular weight excluding hydrogens is 398 g/mol. The molecule has 7 heteroatoms. The molecule has 31 heavy (non-hydrogen) atoms. The molecule has 1 aromatic heterocycles. The quantitative estimate of drug-likeness (QED) is 0.388. The highest BCUT2D eigenvalue weighted by Crippen LogP contribution is 2.30. The van der Waals surface area contributed by atoms with E-state index in [2.05, 4.69) is 5.16 Å². The topological polar surface area (TPSA) is 87.9 Å². The van der Waals surface area contributed by atoms with Crippen LogP contribution in [0.25, 0.3) is 0 Å². The standard InChI is InChI=1S/C24H25NO6/c1-14-6-8-19(15(2)10-14)21(26)13-30-24(27)18-7-9-22(23(11-18)28-5)29-12-20-16(3)25-31-17(20)4/h6-11H,12-13H2,1-5H3. The molecule has 0 N–H and O–H groups in total. The number of carbonyl (C=O) groups is 2. The average Bonchev–Trinajstić information content (AvgIpc) is 3.07. The van der Waals surface area contributed by atoms with Gasteiger partial charge in [0.1, 0.15) is 12.4 Å². The van der Waals surface area contributed by atoms with E-state index < -0.39 is 5.97 Å². The maximum absolute atomic E-state index is 12.4. The first-order valence-electron chi connectivity index (χ1n) is 9.80. The number of Topliss-reactive ketones (excluding diaryl/α,β-unsaturated/α-hetero) is 1. The summed E-state index contributed by atoms with van der Waals surface area (Å²) in [6.07, 6.45) is 0. The van der Waals surface area contributed by atoms with Gasteiger partial charge in [0.25, 0.3) is 0 Å². The highest BCUT2D eigenvalue weighted by molar-refractivity contribution is 6.00. The van der Waals surface area contributed by atoms with E-state index >= 15 is 0 Å². The Morgan fingerprint density at radius 2 is 1.77 bits per heavy atom. The van der Waals surface area contributed by atoms with Crippen LogP contribution in [0, 0.1) is 27.7 Å². The lowest BCUT2D eigenvalue weighted by Gasteiger charge is -2.12. The number of ketones is 1. The molecule has 3 rings (SSSR count). The highest BCUT2D eigenvalue weighted by atomic mass is 16.5. The Morgan fingerprint density at radius 3 is 2.42 bits per heavy atom. The van der Waals surface area contributed by atoms with Gasteiger partial charge < -0.3 is 18.7 Å². The maximum Gasteiger partial charge on any atom is 0.338 e. The van der Waals surface area contributed by atoms with Gasteiger partial charge in [-0.05, 0) is 51.5 Å². The van der Waals surface area contributed by atoms with Crippen LogP contribution in [0.5, 0.6) is 11.5 Å². The summed E-state index contributed by atoms with van der Waals surface area (Å²) < 4.78 is 21.5. The predicted octanol–water partition coefficient (Wildman–Crippen LogP) is 4.54. The van der Waals surface area contributed by atoms with Gasteiger partial charge in [-0.2, -0.15) is 0 Å². The third-order valence-corrected chi connectivity index (χ3v) is 4.97. The van der Waals surface area contributed by atoms with Crippen molar-refractivity contribution in [3.63, 3.8) is 0 Å². The van der Waals surface area contributed by atoms with E-state index in [9.17, 15) is 9.59 Å². The molecule has 0 saturated carbocycles. The first kappa shape index (κ1) is 22.1. The maximum atomic E-state index is 12.4. The summed E-state index contributed by atoms with van der Waals surface area (Å²) in [7, 11) is 1.48. The number of rotatable bonds is 8. The second-order valence-corrected chi connectivity index (χ2v) is 7.27. The van der Waals surface area contributed by atoms with Gasteiger partial charge in [-0.25, -0.2) is 4.79 Å². The van der Waals surface area contributed by atoms with E-state index in [-0.39, 0.29) is 24.6 Å². The van der Waals surface area contributed by atoms with Crippen molar-refractivity contribution in [2.24, 2.45) is 0 Å². The van der Waals surface area contributed by atoms with Gasteiger partial charge in [-0.1, -0.05) is 28.9 Å². The number of nitrogens with zero attached hydrogens (tertiary/aromatic N) is 1. The van der Waals surface area contributed by atoms with Crippen LogP contribution >= 0.6 is 0 Å². The number of hydrogen-bond acceptors (Lipinski definition) is 7. The van der Waals surface area contributed by atoms with E-state index in [1.54, 1.807) is 18.2 Å². The summed E-state index contributed by atoms with van der Waals surface area (Å²) in [5, 5.41) is 3.90. The molecule has 0 saturated heterocycles. The summed E-state index contributed by atoms with van der Waals surface area (Å²) in [6.45, 7) is 7.38. The van der Waals surface area contributed by atoms with Crippen LogP contribution in [0.3, 0.4) is 0 Å². The molecule has 0 bridgehead atoms. The predicted molar refractivity (Wildman–Crippen MR) is 114 cm³/mol. The number of methoxy groups -OCH3 is 1. The van der Waals surface area contributed by atoms with Crippen LogP contribution in [0.4, 0.5) is 0 Å². The smallest absolute Gasteiger partial charge is 0.338 e. The Balaban J connectivity index is 1.65. The van der Waals surface area contributed by atoms with Crippen molar-refractivity contribution < 1.29 is 28.3 Å². The van der Waals surface area contributed by atoms with E-state index in [0.29, 0.717) is 22.8 Å². The van der Waals surface area contributed by atoms with Gasteiger partial charge in [0.05, 0.1) is 23.9 Å². The third-order valence-electron chi connectivity index (χ3n) is 4.97. The molecule has 162 valence electrons. The fourth-order valence-corrected chi connectivity index (χ4v) is 3.19. The molecule has 0 aliphatic heterocycles. The molecule has 0 amide bonds. The van der Waals surface area contributed by atoms with Gasteiger partial charge in [0.15, 0.2) is 18.1 Å². The summed E-state index contributed by atoms with van der Waals surface area (Å²) in [5.74, 6) is 0.656. The minimum absolute atomic E-state index is 0.253. The monoisotopic (exact) mass is 423 g/mol. The molecule has 0 aliphatic rings. The number of aromatic nitrogens is 1. The fraction of sp³-hybridized carbons (Fsp3) is 0.292. The third kappa shape index (κ3) is 5.12. The number of esters is 1. The molecule has 7 nitrogen and oxygen atoms in total. The zero-order valence-corrected chi connectivity index (χ0v) is 18.3. The molecule has 1 heterocycles. The van der Waals surface area contributed by atoms with Crippen molar-refractivity contribution in [2.45, 2.75) is 34.3 Å². The van der Waals surface area contributed by atoms with E-state index in [4.69, 9.17) is 18.7 Å². The Bertz CT molecular complexity index is 1100. The van der Waals surface area contributed by atoms with Crippen molar-refractivity contribution in [3.8, 4) is 11.5 Å². The lowest BCUT2D eigenvalue weighted by molar-refractivity contribution is 0.0474. The van der Waals surface area contributed by atoms with Crippen LogP contribution in [0.1, 0.15) is 48.9 Å². The van der Waals surface area contributed by atoms with Gasteiger partial charge in [-0.15, -0.1) is 0 Å². The van der Waals surface area contributed by atoms with Crippen molar-refractivity contribution >= 4 is 11.8 Å². The second-order valence-electron chi connectivity index (χ2n) is 7.27. The first-order valence-corrected chi connectivity index (χ1v) is 9.80. The Morgan fingerprint density at radius 1 is 1.00 bits per heavy atom. The van der Waals surface area contributed by atoms with Gasteiger partial charge in [0.2, 0.25) is 5.78 Å². The van der Waals surface area contributed by atoms with E-state index in [0.717, 1.165) is 22.4 Å². The number of carbonyl (C=O) groups excluding carboxylic acids is 2. The normalized spacial score (nSPS) is 10.6. The molecule has 0 unspecified atom stereocenters. The van der Waals surface area contributed by atoms with Gasteiger partial charge >= 0.3 is 5.97 Å². The Kier molecular flexibility index (Phi) is 6.74. The van der Waals surface area contributed by atoms with Crippen LogP contribution in [0.15, 0.2) is 40.9 Å². The van der Waals surface area contributed by atoms with Crippen molar-refractivity contribution in [3.05, 3.63) is 75.7 Å². The average molecular weight is 423 g/mol. The Hall–Kier alpha value is -3.61. The van der Waals surface area contributed by atoms with Crippen LogP contribution in [0.2, 0.25) is 0 Å². The first-order chi connectivity index (χ1) is 14.8. The molecule has 0 radical (unpaired) electrons. The summed E-state index contributed by atoms with van der Waals surface area (Å²) in [5.41, 5.74) is 4.33. The fourth-order valence-electron chi connectivity index (χ4n) is 3.19. The molecule has 0 spiro atoms. The largest absolute Gasteiger partial charge is 0.493 e. The number of aryl methyl sites for hydroxylation is 4. The molecule has 0 atom stereocenters. The molecule has 3 aromatic rings. The summed E-state index contributed by atoms with van der Waals surface area (Å²) in [6, 6.07) is 10.2. The molecule has 0 aliphatic carbocycles. The second kappa shape index (κ2) is 9.47. The minimum Gasteiger partial charge on any atom is -0.493 e. The zero-order chi connectivity index (χ0) is 22.5. The van der Waals surface area contributed by atoms with Gasteiger partial charge in [0, 0.05) is 5.56 Å². The molecular formula is C24H25NO6. The number of benzene rings is 2. The van der Waals surface area contributed by atoms with Crippen LogP contribution < -0.4 is 9.47 Å². The minimum atomic E-state index is -0.617. The zero-order valence-electron chi connectivity index (χ0n) is 18.3. The van der Waals surface area contributed by atoms with E-state index in [1.165, 1.54) is 13.2 Å². The summed E-state index contributed by atoms with van der Waals surface area (Å²) >= 11 is 0. The highest BCUT2D eigenvalue weighted by Gasteiger charge is 2.17. The van der Waals surface area contributed by atoms with Crippen LogP contribution in [-0.2, 0) is 11.3 Å². The van der Waals surface area contributed by atoms with Crippen molar-refractivity contribution in [1.29, 1.82) is 0 Å². The van der Waals surface area contributed by atoms with Gasteiger partial charge in [-0.3, -0.25) is 4.79 Å². The SMILES string of the molecule is COc1cc(C(=O)OCC(=O)c2ccc(C)cc2C)ccc1OCc1c(C)noc1C. The summed E-state index contributed by atoms with van der Waals surface area (Å²) in [4.78, 5) is 24.8. The number of hydrogen-bond donors (Lipinski definition) is 0. The van der Waals surface area contributed by atoms with Crippen molar-refractivity contribution in [1.82, 2.24) is 5.16 Å². The van der Waals surface area contributed by atoms with Crippen molar-refractivity contribution in [2.75, 3.05) is 13.7 Å². The van der Waals surface area contributed by atoms with E-state index in [1.807, 2.05) is 39.8 Å². The number of ether oxygens (including phenoxy) is 3. The Labute approximate surface area is 180 Å². The lowest BCUT2D eigenvalue weighted by atomic mass is 10.0. The van der Waals surface area contributed by atoms with Crippen LogP contribution in [-0.4, -0.2) is 30.6 Å².